The number of nitrogens with zero attached hydrogens (tertiary/aromatic N) is 1. The molecule has 3 rings (SSSR count). The van der Waals surface area contributed by atoms with Gasteiger partial charge in [-0.05, 0) is 43.4 Å². The van der Waals surface area contributed by atoms with Gasteiger partial charge < -0.3 is 15.3 Å². The summed E-state index contributed by atoms with van der Waals surface area (Å²) in [7, 11) is 0. The Morgan fingerprint density at radius 2 is 1.92 bits per heavy atom. The average Bonchev–Trinajstić information content (AvgIpc) is 2.58. The van der Waals surface area contributed by atoms with Gasteiger partial charge in [0.2, 0.25) is 11.8 Å². The number of benzene rings is 1. The lowest BCUT2D eigenvalue weighted by atomic mass is 9.83. The standard InChI is InChI=1S/C19H25FN2O3/c20-16-6-2-5-15(11-16)17(23)12-21-18(24)13-7-9-22(10-8-13)19(25)14-3-1-4-14/h2,5-6,11,13-14,17,23H,1,3-4,7-10,12H2,(H,21,24)/t17-/m1/s1. The predicted molar refractivity (Wildman–Crippen MR) is 91.0 cm³/mol. The van der Waals surface area contributed by atoms with Gasteiger partial charge in [0.15, 0.2) is 0 Å². The summed E-state index contributed by atoms with van der Waals surface area (Å²) in [6.45, 7) is 1.31. The van der Waals surface area contributed by atoms with Crippen molar-refractivity contribution < 1.29 is 19.1 Å². The van der Waals surface area contributed by atoms with Crippen LogP contribution in [-0.4, -0.2) is 41.5 Å². The molecule has 1 heterocycles. The molecule has 2 fully saturated rings. The molecule has 0 spiro atoms. The topological polar surface area (TPSA) is 69.6 Å². The molecule has 2 aliphatic rings. The largest absolute Gasteiger partial charge is 0.387 e. The van der Waals surface area contributed by atoms with E-state index < -0.39 is 11.9 Å². The van der Waals surface area contributed by atoms with E-state index in [1.807, 2.05) is 4.90 Å². The number of hydrogen-bond acceptors (Lipinski definition) is 3. The zero-order valence-corrected chi connectivity index (χ0v) is 14.3. The number of amides is 2. The predicted octanol–water partition coefficient (Wildman–Crippen LogP) is 2.01. The number of likely N-dealkylation sites (tertiary alicyclic amines) is 1. The second-order valence-corrected chi connectivity index (χ2v) is 7.04. The Labute approximate surface area is 147 Å². The van der Waals surface area contributed by atoms with Crippen LogP contribution >= 0.6 is 0 Å². The number of aliphatic hydroxyl groups excluding tert-OH is 1. The SMILES string of the molecule is O=C(NC[C@@H](O)c1cccc(F)c1)C1CCN(C(=O)C2CCC2)CC1. The summed E-state index contributed by atoms with van der Waals surface area (Å²) in [5, 5.41) is 12.8. The molecule has 1 atom stereocenters. The van der Waals surface area contributed by atoms with E-state index >= 15 is 0 Å². The van der Waals surface area contributed by atoms with Crippen molar-refractivity contribution in [3.8, 4) is 0 Å². The minimum absolute atomic E-state index is 0.0590. The summed E-state index contributed by atoms with van der Waals surface area (Å²) in [4.78, 5) is 26.4. The minimum Gasteiger partial charge on any atom is -0.387 e. The Balaban J connectivity index is 1.42. The summed E-state index contributed by atoms with van der Waals surface area (Å²) in [5.74, 6) is -0.207. The van der Waals surface area contributed by atoms with Crippen molar-refractivity contribution in [3.63, 3.8) is 0 Å². The zero-order chi connectivity index (χ0) is 17.8. The van der Waals surface area contributed by atoms with E-state index in [9.17, 15) is 19.1 Å². The first kappa shape index (κ1) is 17.9. The van der Waals surface area contributed by atoms with Gasteiger partial charge in [-0.15, -0.1) is 0 Å². The van der Waals surface area contributed by atoms with Gasteiger partial charge in [0.25, 0.3) is 0 Å². The Morgan fingerprint density at radius 1 is 1.20 bits per heavy atom. The van der Waals surface area contributed by atoms with Gasteiger partial charge in [-0.25, -0.2) is 4.39 Å². The maximum atomic E-state index is 13.2. The third-order valence-electron chi connectivity index (χ3n) is 5.33. The fraction of sp³-hybridized carbons (Fsp3) is 0.579. The third-order valence-corrected chi connectivity index (χ3v) is 5.33. The number of rotatable bonds is 5. The molecule has 0 unspecified atom stereocenters. The lowest BCUT2D eigenvalue weighted by molar-refractivity contribution is -0.141. The molecule has 2 amide bonds. The van der Waals surface area contributed by atoms with E-state index in [0.717, 1.165) is 19.3 Å². The first-order valence-electron chi connectivity index (χ1n) is 9.04. The van der Waals surface area contributed by atoms with Crippen LogP contribution in [0, 0.1) is 17.7 Å². The maximum Gasteiger partial charge on any atom is 0.225 e. The molecule has 25 heavy (non-hydrogen) atoms. The Morgan fingerprint density at radius 3 is 2.52 bits per heavy atom. The molecule has 1 aliphatic carbocycles. The van der Waals surface area contributed by atoms with Crippen molar-refractivity contribution in [2.24, 2.45) is 11.8 Å². The summed E-state index contributed by atoms with van der Waals surface area (Å²) in [6.07, 6.45) is 3.51. The molecule has 1 saturated carbocycles. The van der Waals surface area contributed by atoms with E-state index in [-0.39, 0.29) is 30.2 Å². The van der Waals surface area contributed by atoms with Crippen molar-refractivity contribution in [1.29, 1.82) is 0 Å². The van der Waals surface area contributed by atoms with E-state index in [1.165, 1.54) is 18.2 Å². The highest BCUT2D eigenvalue weighted by Gasteiger charge is 2.33. The number of halogens is 1. The van der Waals surface area contributed by atoms with Gasteiger partial charge in [0, 0.05) is 31.5 Å². The third kappa shape index (κ3) is 4.37. The fourth-order valence-corrected chi connectivity index (χ4v) is 3.45. The second kappa shape index (κ2) is 7.95. The van der Waals surface area contributed by atoms with E-state index in [0.29, 0.717) is 31.5 Å². The molecular weight excluding hydrogens is 323 g/mol. The van der Waals surface area contributed by atoms with Gasteiger partial charge >= 0.3 is 0 Å². The Bertz CT molecular complexity index is 625. The molecule has 1 aliphatic heterocycles. The summed E-state index contributed by atoms with van der Waals surface area (Å²) in [6, 6.07) is 5.74. The van der Waals surface area contributed by atoms with Crippen molar-refractivity contribution in [3.05, 3.63) is 35.6 Å². The first-order chi connectivity index (χ1) is 12.0. The maximum absolute atomic E-state index is 13.2. The monoisotopic (exact) mass is 348 g/mol. The zero-order valence-electron chi connectivity index (χ0n) is 14.3. The average molecular weight is 348 g/mol. The van der Waals surface area contributed by atoms with Crippen LogP contribution in [0.3, 0.4) is 0 Å². The Kier molecular flexibility index (Phi) is 5.68. The van der Waals surface area contributed by atoms with Gasteiger partial charge in [-0.2, -0.15) is 0 Å². The van der Waals surface area contributed by atoms with Crippen LogP contribution < -0.4 is 5.32 Å². The molecule has 2 N–H and O–H groups in total. The quantitative estimate of drug-likeness (QED) is 0.855. The van der Waals surface area contributed by atoms with Gasteiger partial charge in [-0.3, -0.25) is 9.59 Å². The highest BCUT2D eigenvalue weighted by atomic mass is 19.1. The molecule has 5 nitrogen and oxygen atoms in total. The number of carbonyl (C=O) groups is 2. The van der Waals surface area contributed by atoms with Crippen molar-refractivity contribution in [2.75, 3.05) is 19.6 Å². The molecule has 6 heteroatoms. The molecule has 1 saturated heterocycles. The normalized spacial score (nSPS) is 20.0. The van der Waals surface area contributed by atoms with E-state index in [1.54, 1.807) is 6.07 Å². The number of piperidine rings is 1. The van der Waals surface area contributed by atoms with E-state index in [2.05, 4.69) is 5.32 Å². The summed E-state index contributed by atoms with van der Waals surface area (Å²) in [5.41, 5.74) is 0.446. The first-order valence-corrected chi connectivity index (χ1v) is 9.04. The van der Waals surface area contributed by atoms with E-state index in [4.69, 9.17) is 0 Å². The van der Waals surface area contributed by atoms with Crippen molar-refractivity contribution in [2.45, 2.75) is 38.2 Å². The Hall–Kier alpha value is -1.95. The highest BCUT2D eigenvalue weighted by molar-refractivity contribution is 5.81. The number of hydrogen-bond donors (Lipinski definition) is 2. The van der Waals surface area contributed by atoms with Crippen molar-refractivity contribution >= 4 is 11.8 Å². The molecule has 1 aromatic rings. The van der Waals surface area contributed by atoms with Crippen LogP contribution in [0.15, 0.2) is 24.3 Å². The lowest BCUT2D eigenvalue weighted by Crippen LogP contribution is -2.46. The van der Waals surface area contributed by atoms with Crippen LogP contribution in [0.1, 0.15) is 43.8 Å². The summed E-state index contributed by atoms with van der Waals surface area (Å²) >= 11 is 0. The molecule has 0 aromatic heterocycles. The smallest absolute Gasteiger partial charge is 0.225 e. The summed E-state index contributed by atoms with van der Waals surface area (Å²) < 4.78 is 13.2. The minimum atomic E-state index is -0.931. The van der Waals surface area contributed by atoms with Gasteiger partial charge in [0.05, 0.1) is 6.10 Å². The second-order valence-electron chi connectivity index (χ2n) is 7.04. The van der Waals surface area contributed by atoms with Crippen LogP contribution in [-0.2, 0) is 9.59 Å². The van der Waals surface area contributed by atoms with Crippen molar-refractivity contribution in [1.82, 2.24) is 10.2 Å². The molecule has 0 bridgehead atoms. The lowest BCUT2D eigenvalue weighted by Gasteiger charge is -2.36. The molecule has 1 aromatic carbocycles. The van der Waals surface area contributed by atoms with Crippen LogP contribution in [0.4, 0.5) is 4.39 Å². The van der Waals surface area contributed by atoms with Crippen LogP contribution in [0.25, 0.3) is 0 Å². The molecule has 136 valence electrons. The molecular formula is C19H25FN2O3. The number of nitrogens with one attached hydrogen (secondary N) is 1. The van der Waals surface area contributed by atoms with Gasteiger partial charge in [-0.1, -0.05) is 18.6 Å². The molecule has 0 radical (unpaired) electrons. The fourth-order valence-electron chi connectivity index (χ4n) is 3.45. The number of aliphatic hydroxyl groups is 1. The van der Waals surface area contributed by atoms with Crippen LogP contribution in [0.5, 0.6) is 0 Å². The van der Waals surface area contributed by atoms with Gasteiger partial charge in [0.1, 0.15) is 5.82 Å². The number of carbonyl (C=O) groups excluding carboxylic acids is 2. The van der Waals surface area contributed by atoms with Crippen LogP contribution in [0.2, 0.25) is 0 Å². The highest BCUT2D eigenvalue weighted by Crippen LogP contribution is 2.30.